The fourth-order valence-corrected chi connectivity index (χ4v) is 4.78. The molecule has 0 amide bonds. The molecule has 1 heterocycles. The van der Waals surface area contributed by atoms with Gasteiger partial charge in [-0.3, -0.25) is 13.9 Å². The van der Waals surface area contributed by atoms with Gasteiger partial charge in [-0.05, 0) is 44.5 Å². The number of carbonyl (C=O) groups is 2. The Morgan fingerprint density at radius 2 is 1.86 bits per heavy atom. The number of hydrogen-bond acceptors (Lipinski definition) is 6. The highest BCUT2D eigenvalue weighted by Crippen LogP contribution is 2.36. The van der Waals surface area contributed by atoms with Crippen LogP contribution in [0.1, 0.15) is 29.3 Å². The summed E-state index contributed by atoms with van der Waals surface area (Å²) in [6.07, 6.45) is 0.0275. The van der Waals surface area contributed by atoms with Gasteiger partial charge >= 0.3 is 5.97 Å². The van der Waals surface area contributed by atoms with E-state index < -0.39 is 27.7 Å². The van der Waals surface area contributed by atoms with Gasteiger partial charge in [-0.15, -0.1) is 0 Å². The zero-order valence-electron chi connectivity index (χ0n) is 16.5. The fraction of sp³-hybridized carbons (Fsp3) is 0.333. The SMILES string of the molecule is CCOC(=O)C1CCN(S(=O)(=O)c2ccc(C)cc2)c2cc(OC)ccc2C1=O. The molecule has 3 rings (SSSR count). The molecule has 0 bridgehead atoms. The Morgan fingerprint density at radius 1 is 1.17 bits per heavy atom. The zero-order valence-corrected chi connectivity index (χ0v) is 17.4. The van der Waals surface area contributed by atoms with E-state index >= 15 is 0 Å². The van der Waals surface area contributed by atoms with Crippen LogP contribution in [0.15, 0.2) is 47.4 Å². The first kappa shape index (κ1) is 20.9. The Labute approximate surface area is 170 Å². The third kappa shape index (κ3) is 3.98. The number of fused-ring (bicyclic) bond motifs is 1. The Bertz CT molecular complexity index is 1030. The van der Waals surface area contributed by atoms with Crippen LogP contribution in [0.2, 0.25) is 0 Å². The van der Waals surface area contributed by atoms with Crippen molar-refractivity contribution >= 4 is 27.5 Å². The second-order valence-corrected chi connectivity index (χ2v) is 8.59. The average molecular weight is 417 g/mol. The molecule has 1 aliphatic heterocycles. The molecule has 0 N–H and O–H groups in total. The molecular weight excluding hydrogens is 394 g/mol. The molecule has 1 aliphatic rings. The maximum absolute atomic E-state index is 13.4. The monoisotopic (exact) mass is 417 g/mol. The number of carbonyl (C=O) groups excluding carboxylic acids is 2. The predicted octanol–water partition coefficient (Wildman–Crippen LogP) is 2.96. The van der Waals surface area contributed by atoms with E-state index in [4.69, 9.17) is 9.47 Å². The van der Waals surface area contributed by atoms with Crippen molar-refractivity contribution in [2.24, 2.45) is 5.92 Å². The van der Waals surface area contributed by atoms with Gasteiger partial charge in [-0.1, -0.05) is 17.7 Å². The van der Waals surface area contributed by atoms with E-state index in [2.05, 4.69) is 0 Å². The lowest BCUT2D eigenvalue weighted by Crippen LogP contribution is -2.33. The maximum atomic E-state index is 13.4. The Morgan fingerprint density at radius 3 is 2.48 bits per heavy atom. The van der Waals surface area contributed by atoms with Crippen molar-refractivity contribution in [3.63, 3.8) is 0 Å². The molecule has 2 aromatic rings. The lowest BCUT2D eigenvalue weighted by Gasteiger charge is -2.24. The third-order valence-electron chi connectivity index (χ3n) is 4.86. The number of ketones is 1. The Kier molecular flexibility index (Phi) is 5.93. The van der Waals surface area contributed by atoms with Crippen LogP contribution in [0.25, 0.3) is 0 Å². The second-order valence-electron chi connectivity index (χ2n) is 6.73. The molecule has 0 aliphatic carbocycles. The number of nitrogens with zero attached hydrogens (tertiary/aromatic N) is 1. The molecule has 0 fully saturated rings. The van der Waals surface area contributed by atoms with Crippen molar-refractivity contribution in [2.75, 3.05) is 24.6 Å². The number of hydrogen-bond donors (Lipinski definition) is 0. The Hall–Kier alpha value is -2.87. The minimum Gasteiger partial charge on any atom is -0.497 e. The van der Waals surface area contributed by atoms with E-state index in [9.17, 15) is 18.0 Å². The van der Waals surface area contributed by atoms with E-state index in [-0.39, 0.29) is 35.7 Å². The summed E-state index contributed by atoms with van der Waals surface area (Å²) >= 11 is 0. The molecule has 8 heteroatoms. The lowest BCUT2D eigenvalue weighted by atomic mass is 9.95. The molecule has 0 aromatic heterocycles. The summed E-state index contributed by atoms with van der Waals surface area (Å²) < 4.78 is 38.2. The number of Topliss-reactive ketones (excluding diaryl/α,β-unsaturated/α-hetero) is 1. The highest BCUT2D eigenvalue weighted by Gasteiger charge is 2.38. The first-order valence-electron chi connectivity index (χ1n) is 9.28. The summed E-state index contributed by atoms with van der Waals surface area (Å²) in [5, 5.41) is 0. The van der Waals surface area contributed by atoms with Crippen LogP contribution in [0.3, 0.4) is 0 Å². The van der Waals surface area contributed by atoms with Crippen molar-refractivity contribution in [3.8, 4) is 5.75 Å². The third-order valence-corrected chi connectivity index (χ3v) is 6.68. The predicted molar refractivity (Wildman–Crippen MR) is 108 cm³/mol. The number of anilines is 1. The van der Waals surface area contributed by atoms with Crippen LogP contribution in [0, 0.1) is 12.8 Å². The van der Waals surface area contributed by atoms with Crippen molar-refractivity contribution < 1.29 is 27.5 Å². The van der Waals surface area contributed by atoms with E-state index in [1.54, 1.807) is 25.1 Å². The van der Waals surface area contributed by atoms with Gasteiger partial charge < -0.3 is 9.47 Å². The number of ether oxygens (including phenoxy) is 2. The van der Waals surface area contributed by atoms with Crippen molar-refractivity contribution in [1.29, 1.82) is 0 Å². The van der Waals surface area contributed by atoms with E-state index in [1.807, 2.05) is 6.92 Å². The van der Waals surface area contributed by atoms with Crippen LogP contribution in [-0.4, -0.2) is 40.4 Å². The number of methoxy groups -OCH3 is 1. The van der Waals surface area contributed by atoms with Crippen molar-refractivity contribution in [2.45, 2.75) is 25.2 Å². The molecule has 0 saturated heterocycles. The number of sulfonamides is 1. The quantitative estimate of drug-likeness (QED) is 0.549. The molecule has 1 unspecified atom stereocenters. The standard InChI is InChI=1S/C21H23NO6S/c1-4-28-21(24)18-11-12-22(29(25,26)16-8-5-14(2)6-9-16)19-13-15(27-3)7-10-17(19)20(18)23/h5-10,13,18H,4,11-12H2,1-3H3. The molecule has 1 atom stereocenters. The molecule has 29 heavy (non-hydrogen) atoms. The van der Waals surface area contributed by atoms with Crippen LogP contribution < -0.4 is 9.04 Å². The second kappa shape index (κ2) is 8.24. The number of rotatable bonds is 5. The minimum absolute atomic E-state index is 0.0275. The molecule has 0 spiro atoms. The molecule has 0 radical (unpaired) electrons. The van der Waals surface area contributed by atoms with Gasteiger partial charge in [-0.2, -0.15) is 0 Å². The van der Waals surface area contributed by atoms with E-state index in [1.165, 1.54) is 35.7 Å². The fourth-order valence-electron chi connectivity index (χ4n) is 3.29. The summed E-state index contributed by atoms with van der Waals surface area (Å²) in [6.45, 7) is 3.63. The summed E-state index contributed by atoms with van der Waals surface area (Å²) in [5.74, 6) is -1.74. The van der Waals surface area contributed by atoms with Gasteiger partial charge in [0, 0.05) is 18.2 Å². The summed E-state index contributed by atoms with van der Waals surface area (Å²) in [4.78, 5) is 25.5. The van der Waals surface area contributed by atoms with Gasteiger partial charge in [0.05, 0.1) is 24.3 Å². The smallest absolute Gasteiger partial charge is 0.316 e. The van der Waals surface area contributed by atoms with Gasteiger partial charge in [0.2, 0.25) is 0 Å². The van der Waals surface area contributed by atoms with Crippen molar-refractivity contribution in [1.82, 2.24) is 0 Å². The van der Waals surface area contributed by atoms with E-state index in [0.717, 1.165) is 5.56 Å². The molecule has 154 valence electrons. The van der Waals surface area contributed by atoms with Crippen LogP contribution in [-0.2, 0) is 19.6 Å². The molecule has 2 aromatic carbocycles. The number of aryl methyl sites for hydroxylation is 1. The minimum atomic E-state index is -3.95. The first-order chi connectivity index (χ1) is 13.8. The Balaban J connectivity index is 2.14. The lowest BCUT2D eigenvalue weighted by molar-refractivity contribution is -0.146. The molecule has 0 saturated carbocycles. The normalized spacial score (nSPS) is 16.7. The van der Waals surface area contributed by atoms with Gasteiger partial charge in [0.1, 0.15) is 11.7 Å². The van der Waals surface area contributed by atoms with E-state index in [0.29, 0.717) is 5.75 Å². The van der Waals surface area contributed by atoms with Crippen LogP contribution in [0.5, 0.6) is 5.75 Å². The zero-order chi connectivity index (χ0) is 21.2. The summed E-state index contributed by atoms with van der Waals surface area (Å²) in [6, 6.07) is 11.0. The van der Waals surface area contributed by atoms with Gasteiger partial charge in [0.15, 0.2) is 5.78 Å². The maximum Gasteiger partial charge on any atom is 0.316 e. The van der Waals surface area contributed by atoms with Crippen LogP contribution >= 0.6 is 0 Å². The summed E-state index contributed by atoms with van der Waals surface area (Å²) in [5.41, 5.74) is 1.28. The number of benzene rings is 2. The van der Waals surface area contributed by atoms with Gasteiger partial charge in [0.25, 0.3) is 10.0 Å². The largest absolute Gasteiger partial charge is 0.497 e. The number of esters is 1. The summed E-state index contributed by atoms with van der Waals surface area (Å²) in [7, 11) is -2.49. The van der Waals surface area contributed by atoms with Crippen LogP contribution in [0.4, 0.5) is 5.69 Å². The topological polar surface area (TPSA) is 90.0 Å². The van der Waals surface area contributed by atoms with Gasteiger partial charge in [-0.25, -0.2) is 8.42 Å². The molecule has 7 nitrogen and oxygen atoms in total. The van der Waals surface area contributed by atoms with Crippen molar-refractivity contribution in [3.05, 3.63) is 53.6 Å². The average Bonchev–Trinajstić information content (AvgIpc) is 2.85. The first-order valence-corrected chi connectivity index (χ1v) is 10.7. The molecular formula is C21H23NO6S. The highest BCUT2D eigenvalue weighted by molar-refractivity contribution is 7.92. The highest BCUT2D eigenvalue weighted by atomic mass is 32.2.